The van der Waals surface area contributed by atoms with Crippen LogP contribution in [-0.2, 0) is 10.8 Å². The predicted molar refractivity (Wildman–Crippen MR) is 66.4 cm³/mol. The van der Waals surface area contributed by atoms with E-state index < -0.39 is 0 Å². The van der Waals surface area contributed by atoms with Crippen LogP contribution in [0.2, 0.25) is 0 Å². The van der Waals surface area contributed by atoms with Crippen LogP contribution in [0.15, 0.2) is 12.4 Å². The summed E-state index contributed by atoms with van der Waals surface area (Å²) in [5, 5.41) is 9.35. The molecule has 0 aliphatic heterocycles. The molecule has 0 saturated heterocycles. The van der Waals surface area contributed by atoms with Crippen LogP contribution in [0.1, 0.15) is 58.2 Å². The molecule has 0 saturated carbocycles. The van der Waals surface area contributed by atoms with Gasteiger partial charge >= 0.3 is 0 Å². The van der Waals surface area contributed by atoms with Crippen molar-refractivity contribution in [1.29, 1.82) is 5.26 Å². The topological polar surface area (TPSA) is 36.7 Å². The van der Waals surface area contributed by atoms with Gasteiger partial charge in [0, 0.05) is 12.4 Å². The number of nitrogens with zero attached hydrogens (tertiary/aromatic N) is 2. The van der Waals surface area contributed by atoms with Gasteiger partial charge in [-0.2, -0.15) is 5.26 Å². The van der Waals surface area contributed by atoms with Crippen LogP contribution < -0.4 is 0 Å². The van der Waals surface area contributed by atoms with Gasteiger partial charge in [-0.1, -0.05) is 41.5 Å². The number of aromatic nitrogens is 1. The van der Waals surface area contributed by atoms with Gasteiger partial charge in [0.2, 0.25) is 0 Å². The van der Waals surface area contributed by atoms with Gasteiger partial charge in [-0.15, -0.1) is 0 Å². The SMILES string of the molecule is CC(C)(C)c1cncc(C(C)(C)C)c1C#N. The van der Waals surface area contributed by atoms with Crippen LogP contribution >= 0.6 is 0 Å². The molecule has 86 valence electrons. The van der Waals surface area contributed by atoms with Crippen LogP contribution in [0.4, 0.5) is 0 Å². The lowest BCUT2D eigenvalue weighted by Gasteiger charge is -2.26. The predicted octanol–water partition coefficient (Wildman–Crippen LogP) is 3.55. The fraction of sp³-hybridized carbons (Fsp3) is 0.571. The van der Waals surface area contributed by atoms with Crippen molar-refractivity contribution in [2.45, 2.75) is 52.4 Å². The van der Waals surface area contributed by atoms with E-state index in [0.717, 1.165) is 16.7 Å². The van der Waals surface area contributed by atoms with Gasteiger partial charge < -0.3 is 0 Å². The Bertz CT molecular complexity index is 393. The Labute approximate surface area is 98.3 Å². The van der Waals surface area contributed by atoms with Crippen LogP contribution in [-0.4, -0.2) is 4.98 Å². The minimum Gasteiger partial charge on any atom is -0.264 e. The van der Waals surface area contributed by atoms with Crippen LogP contribution in [0, 0.1) is 11.3 Å². The molecular weight excluding hydrogens is 196 g/mol. The van der Waals surface area contributed by atoms with Gasteiger partial charge in [-0.05, 0) is 22.0 Å². The van der Waals surface area contributed by atoms with E-state index in [0.29, 0.717) is 0 Å². The quantitative estimate of drug-likeness (QED) is 0.665. The molecule has 16 heavy (non-hydrogen) atoms. The van der Waals surface area contributed by atoms with Gasteiger partial charge in [0.1, 0.15) is 0 Å². The summed E-state index contributed by atoms with van der Waals surface area (Å²) in [5.74, 6) is 0. The molecule has 2 nitrogen and oxygen atoms in total. The molecule has 0 aliphatic carbocycles. The molecule has 0 spiro atoms. The van der Waals surface area contributed by atoms with E-state index in [1.807, 2.05) is 12.4 Å². The molecule has 1 aromatic rings. The van der Waals surface area contributed by atoms with Crippen molar-refractivity contribution in [2.75, 3.05) is 0 Å². The Hall–Kier alpha value is -1.36. The maximum absolute atomic E-state index is 9.35. The molecule has 1 aromatic heterocycles. The summed E-state index contributed by atoms with van der Waals surface area (Å²) in [5.41, 5.74) is 2.76. The number of hydrogen-bond donors (Lipinski definition) is 0. The first-order valence-electron chi connectivity index (χ1n) is 5.57. The van der Waals surface area contributed by atoms with Crippen molar-refractivity contribution in [1.82, 2.24) is 4.98 Å². The highest BCUT2D eigenvalue weighted by molar-refractivity contribution is 5.47. The molecule has 1 heterocycles. The second-order valence-electron chi connectivity index (χ2n) is 6.22. The number of pyridine rings is 1. The summed E-state index contributed by atoms with van der Waals surface area (Å²) in [6.07, 6.45) is 3.63. The van der Waals surface area contributed by atoms with E-state index >= 15 is 0 Å². The average Bonchev–Trinajstić information content (AvgIpc) is 2.13. The van der Waals surface area contributed by atoms with E-state index in [-0.39, 0.29) is 10.8 Å². The van der Waals surface area contributed by atoms with Crippen LogP contribution in [0.5, 0.6) is 0 Å². The second kappa shape index (κ2) is 3.90. The highest BCUT2D eigenvalue weighted by atomic mass is 14.6. The van der Waals surface area contributed by atoms with Crippen LogP contribution in [0.25, 0.3) is 0 Å². The molecule has 0 radical (unpaired) electrons. The molecule has 0 bridgehead atoms. The third-order valence-electron chi connectivity index (χ3n) is 2.67. The number of rotatable bonds is 0. The molecule has 0 N–H and O–H groups in total. The summed E-state index contributed by atoms with van der Waals surface area (Å²) < 4.78 is 0. The van der Waals surface area contributed by atoms with Gasteiger partial charge in [-0.25, -0.2) is 0 Å². The summed E-state index contributed by atoms with van der Waals surface area (Å²) in [4.78, 5) is 4.28. The molecule has 2 heteroatoms. The van der Waals surface area contributed by atoms with E-state index in [1.165, 1.54) is 0 Å². The van der Waals surface area contributed by atoms with Crippen molar-refractivity contribution in [3.05, 3.63) is 29.1 Å². The molecule has 0 aromatic carbocycles. The monoisotopic (exact) mass is 216 g/mol. The van der Waals surface area contributed by atoms with Gasteiger partial charge in [0.25, 0.3) is 0 Å². The third-order valence-corrected chi connectivity index (χ3v) is 2.67. The molecule has 0 amide bonds. The second-order valence-corrected chi connectivity index (χ2v) is 6.22. The Morgan fingerprint density at radius 2 is 1.31 bits per heavy atom. The maximum Gasteiger partial charge on any atom is 0.0999 e. The number of nitriles is 1. The zero-order valence-corrected chi connectivity index (χ0v) is 11.0. The fourth-order valence-electron chi connectivity index (χ4n) is 1.72. The standard InChI is InChI=1S/C14H20N2/c1-13(2,3)11-8-16-9-12(10(11)7-15)14(4,5)6/h8-9H,1-6H3. The van der Waals surface area contributed by atoms with E-state index in [9.17, 15) is 5.26 Å². The average molecular weight is 216 g/mol. The minimum absolute atomic E-state index is 0.0423. The first-order chi connectivity index (χ1) is 7.18. The van der Waals surface area contributed by atoms with E-state index in [2.05, 4.69) is 52.6 Å². The van der Waals surface area contributed by atoms with Crippen molar-refractivity contribution in [3.8, 4) is 6.07 Å². The first kappa shape index (κ1) is 12.7. The minimum atomic E-state index is -0.0423. The summed E-state index contributed by atoms with van der Waals surface area (Å²) in [6.45, 7) is 12.7. The van der Waals surface area contributed by atoms with Gasteiger partial charge in [0.15, 0.2) is 0 Å². The smallest absolute Gasteiger partial charge is 0.0999 e. The van der Waals surface area contributed by atoms with Gasteiger partial charge in [0.05, 0.1) is 11.6 Å². The molecule has 0 unspecified atom stereocenters. The zero-order valence-electron chi connectivity index (χ0n) is 11.0. The highest BCUT2D eigenvalue weighted by Crippen LogP contribution is 2.32. The first-order valence-corrected chi connectivity index (χ1v) is 5.57. The van der Waals surface area contributed by atoms with Crippen molar-refractivity contribution in [2.24, 2.45) is 0 Å². The van der Waals surface area contributed by atoms with Crippen molar-refractivity contribution >= 4 is 0 Å². The lowest BCUT2D eigenvalue weighted by molar-refractivity contribution is 0.560. The third kappa shape index (κ3) is 2.41. The van der Waals surface area contributed by atoms with E-state index in [4.69, 9.17) is 0 Å². The lowest BCUT2D eigenvalue weighted by atomic mass is 9.78. The molecule has 0 fully saturated rings. The summed E-state index contributed by atoms with van der Waals surface area (Å²) in [7, 11) is 0. The number of hydrogen-bond acceptors (Lipinski definition) is 2. The maximum atomic E-state index is 9.35. The van der Waals surface area contributed by atoms with Gasteiger partial charge in [-0.3, -0.25) is 4.98 Å². The summed E-state index contributed by atoms with van der Waals surface area (Å²) in [6, 6.07) is 2.34. The van der Waals surface area contributed by atoms with Crippen molar-refractivity contribution < 1.29 is 0 Å². The Kier molecular flexibility index (Phi) is 3.10. The highest BCUT2D eigenvalue weighted by Gasteiger charge is 2.25. The molecule has 1 rings (SSSR count). The van der Waals surface area contributed by atoms with Crippen molar-refractivity contribution in [3.63, 3.8) is 0 Å². The zero-order chi connectivity index (χ0) is 12.6. The Balaban J connectivity index is 3.53. The van der Waals surface area contributed by atoms with E-state index in [1.54, 1.807) is 0 Å². The lowest BCUT2D eigenvalue weighted by Crippen LogP contribution is -2.20. The molecular formula is C14H20N2. The molecule has 0 aliphatic rings. The summed E-state index contributed by atoms with van der Waals surface area (Å²) >= 11 is 0. The van der Waals surface area contributed by atoms with Crippen LogP contribution in [0.3, 0.4) is 0 Å². The Morgan fingerprint density at radius 1 is 0.938 bits per heavy atom. The Morgan fingerprint density at radius 3 is 1.56 bits per heavy atom. The fourth-order valence-corrected chi connectivity index (χ4v) is 1.72. The normalized spacial score (nSPS) is 12.3. The largest absolute Gasteiger partial charge is 0.264 e. The molecule has 0 atom stereocenters.